The SMILES string of the molecule is CC1CC(C)SC(NC(C)C(=O)NC2CC2)=N1. The first-order valence-corrected chi connectivity index (χ1v) is 7.24. The van der Waals surface area contributed by atoms with E-state index in [9.17, 15) is 4.79 Å². The van der Waals surface area contributed by atoms with Crippen molar-refractivity contribution in [2.24, 2.45) is 4.99 Å². The Morgan fingerprint density at radius 3 is 2.76 bits per heavy atom. The van der Waals surface area contributed by atoms with Gasteiger partial charge in [-0.15, -0.1) is 0 Å². The van der Waals surface area contributed by atoms with E-state index >= 15 is 0 Å². The zero-order valence-electron chi connectivity index (χ0n) is 10.7. The minimum atomic E-state index is -0.195. The van der Waals surface area contributed by atoms with E-state index in [4.69, 9.17) is 0 Å². The van der Waals surface area contributed by atoms with Crippen LogP contribution in [0.1, 0.15) is 40.0 Å². The van der Waals surface area contributed by atoms with Gasteiger partial charge >= 0.3 is 0 Å². The minimum Gasteiger partial charge on any atom is -0.353 e. The fourth-order valence-electron chi connectivity index (χ4n) is 1.88. The van der Waals surface area contributed by atoms with Crippen molar-refractivity contribution in [3.8, 4) is 0 Å². The first kappa shape index (κ1) is 12.7. The first-order chi connectivity index (χ1) is 8.04. The zero-order chi connectivity index (χ0) is 12.4. The summed E-state index contributed by atoms with van der Waals surface area (Å²) in [7, 11) is 0. The molecule has 1 amide bonds. The second-order valence-corrected chi connectivity index (χ2v) is 6.52. The number of amidine groups is 1. The summed E-state index contributed by atoms with van der Waals surface area (Å²) in [4.78, 5) is 16.3. The molecule has 1 heterocycles. The van der Waals surface area contributed by atoms with E-state index in [0.29, 0.717) is 17.3 Å². The molecule has 0 saturated heterocycles. The lowest BCUT2D eigenvalue weighted by atomic mass is 10.2. The van der Waals surface area contributed by atoms with Gasteiger partial charge in [0.25, 0.3) is 0 Å². The third kappa shape index (κ3) is 3.91. The highest BCUT2D eigenvalue weighted by Gasteiger charge is 2.27. The van der Waals surface area contributed by atoms with Crippen LogP contribution in [0.25, 0.3) is 0 Å². The molecule has 2 N–H and O–H groups in total. The van der Waals surface area contributed by atoms with Gasteiger partial charge in [0.15, 0.2) is 5.17 Å². The van der Waals surface area contributed by atoms with Gasteiger partial charge in [-0.05, 0) is 33.1 Å². The summed E-state index contributed by atoms with van der Waals surface area (Å²) in [5, 5.41) is 7.70. The Morgan fingerprint density at radius 1 is 1.47 bits per heavy atom. The van der Waals surface area contributed by atoms with Gasteiger partial charge in [-0.25, -0.2) is 0 Å². The number of carbonyl (C=O) groups excluding carboxylic acids is 1. The van der Waals surface area contributed by atoms with E-state index in [-0.39, 0.29) is 11.9 Å². The quantitative estimate of drug-likeness (QED) is 0.804. The summed E-state index contributed by atoms with van der Waals surface area (Å²) in [6.45, 7) is 6.21. The summed E-state index contributed by atoms with van der Waals surface area (Å²) in [6, 6.07) is 0.581. The summed E-state index contributed by atoms with van der Waals surface area (Å²) in [5.74, 6) is 0.0849. The van der Waals surface area contributed by atoms with E-state index in [0.717, 1.165) is 24.4 Å². The van der Waals surface area contributed by atoms with Crippen LogP contribution in [0.2, 0.25) is 0 Å². The van der Waals surface area contributed by atoms with Crippen LogP contribution in [0.5, 0.6) is 0 Å². The molecule has 3 unspecified atom stereocenters. The number of thioether (sulfide) groups is 1. The lowest BCUT2D eigenvalue weighted by Gasteiger charge is -2.25. The molecule has 96 valence electrons. The summed E-state index contributed by atoms with van der Waals surface area (Å²) >= 11 is 1.73. The van der Waals surface area contributed by atoms with E-state index < -0.39 is 0 Å². The van der Waals surface area contributed by atoms with Gasteiger partial charge < -0.3 is 10.6 Å². The molecular formula is C12H21N3OS. The molecule has 0 aromatic rings. The Kier molecular flexibility index (Phi) is 3.97. The Labute approximate surface area is 107 Å². The van der Waals surface area contributed by atoms with Crippen LogP contribution in [0.4, 0.5) is 0 Å². The van der Waals surface area contributed by atoms with Crippen molar-refractivity contribution in [1.82, 2.24) is 10.6 Å². The Morgan fingerprint density at radius 2 is 2.18 bits per heavy atom. The summed E-state index contributed by atoms with van der Waals surface area (Å²) in [5.41, 5.74) is 0. The molecule has 0 aromatic carbocycles. The maximum atomic E-state index is 11.8. The second kappa shape index (κ2) is 5.29. The predicted octanol–water partition coefficient (Wildman–Crippen LogP) is 1.51. The first-order valence-electron chi connectivity index (χ1n) is 6.36. The van der Waals surface area contributed by atoms with Crippen LogP contribution < -0.4 is 10.6 Å². The fourth-order valence-corrected chi connectivity index (χ4v) is 3.12. The molecule has 1 saturated carbocycles. The van der Waals surface area contributed by atoms with Gasteiger partial charge in [0.05, 0.1) is 6.04 Å². The van der Waals surface area contributed by atoms with Gasteiger partial charge in [-0.2, -0.15) is 0 Å². The molecule has 5 heteroatoms. The third-order valence-electron chi connectivity index (χ3n) is 2.98. The van der Waals surface area contributed by atoms with Gasteiger partial charge in [0, 0.05) is 11.3 Å². The van der Waals surface area contributed by atoms with Crippen molar-refractivity contribution in [3.63, 3.8) is 0 Å². The fraction of sp³-hybridized carbons (Fsp3) is 0.833. The molecule has 0 spiro atoms. The normalized spacial score (nSPS) is 30.4. The number of nitrogens with zero attached hydrogens (tertiary/aromatic N) is 1. The van der Waals surface area contributed by atoms with Crippen molar-refractivity contribution in [3.05, 3.63) is 0 Å². The number of nitrogens with one attached hydrogen (secondary N) is 2. The van der Waals surface area contributed by atoms with Crippen molar-refractivity contribution in [2.75, 3.05) is 0 Å². The molecule has 3 atom stereocenters. The average molecular weight is 255 g/mol. The predicted molar refractivity (Wildman–Crippen MR) is 72.3 cm³/mol. The Balaban J connectivity index is 1.84. The lowest BCUT2D eigenvalue weighted by molar-refractivity contribution is -0.122. The Bertz CT molecular complexity index is 328. The molecule has 0 radical (unpaired) electrons. The van der Waals surface area contributed by atoms with E-state index in [1.54, 1.807) is 11.8 Å². The topological polar surface area (TPSA) is 53.5 Å². The highest BCUT2D eigenvalue weighted by Crippen LogP contribution is 2.24. The molecule has 17 heavy (non-hydrogen) atoms. The van der Waals surface area contributed by atoms with E-state index in [2.05, 4.69) is 29.5 Å². The van der Waals surface area contributed by atoms with Crippen molar-refractivity contribution in [2.45, 2.75) is 63.4 Å². The molecule has 0 aromatic heterocycles. The highest BCUT2D eigenvalue weighted by molar-refractivity contribution is 8.14. The minimum absolute atomic E-state index is 0.0849. The maximum absolute atomic E-state index is 11.8. The van der Waals surface area contributed by atoms with Crippen molar-refractivity contribution in [1.29, 1.82) is 0 Å². The monoisotopic (exact) mass is 255 g/mol. The van der Waals surface area contributed by atoms with E-state index in [1.165, 1.54) is 0 Å². The molecule has 1 aliphatic heterocycles. The summed E-state index contributed by atoms with van der Waals surface area (Å²) < 4.78 is 0. The van der Waals surface area contributed by atoms with Gasteiger partial charge in [-0.1, -0.05) is 18.7 Å². The van der Waals surface area contributed by atoms with Crippen LogP contribution in [-0.2, 0) is 4.79 Å². The second-order valence-electron chi connectivity index (χ2n) is 5.10. The van der Waals surface area contributed by atoms with Crippen LogP contribution >= 0.6 is 11.8 Å². The number of hydrogen-bond acceptors (Lipinski definition) is 4. The smallest absolute Gasteiger partial charge is 0.242 e. The van der Waals surface area contributed by atoms with Gasteiger partial charge in [-0.3, -0.25) is 9.79 Å². The Hall–Kier alpha value is -0.710. The largest absolute Gasteiger partial charge is 0.353 e. The lowest BCUT2D eigenvalue weighted by Crippen LogP contribution is -2.45. The average Bonchev–Trinajstić information content (AvgIpc) is 2.99. The molecule has 1 fully saturated rings. The molecule has 2 aliphatic rings. The number of carbonyl (C=O) groups is 1. The van der Waals surface area contributed by atoms with Crippen molar-refractivity contribution >= 4 is 22.8 Å². The van der Waals surface area contributed by atoms with E-state index in [1.807, 2.05) is 6.92 Å². The van der Waals surface area contributed by atoms with Gasteiger partial charge in [0.2, 0.25) is 5.91 Å². The molecule has 2 rings (SSSR count). The number of rotatable bonds is 3. The summed E-state index contributed by atoms with van der Waals surface area (Å²) in [6.07, 6.45) is 3.36. The van der Waals surface area contributed by atoms with Crippen LogP contribution in [-0.4, -0.2) is 34.5 Å². The van der Waals surface area contributed by atoms with Crippen molar-refractivity contribution < 1.29 is 4.79 Å². The highest BCUT2D eigenvalue weighted by atomic mass is 32.2. The van der Waals surface area contributed by atoms with Crippen LogP contribution in [0.15, 0.2) is 4.99 Å². The zero-order valence-corrected chi connectivity index (χ0v) is 11.5. The van der Waals surface area contributed by atoms with Gasteiger partial charge in [0.1, 0.15) is 6.04 Å². The number of amides is 1. The molecule has 1 aliphatic carbocycles. The van der Waals surface area contributed by atoms with Crippen LogP contribution in [0, 0.1) is 0 Å². The third-order valence-corrected chi connectivity index (χ3v) is 4.02. The maximum Gasteiger partial charge on any atom is 0.242 e. The molecule has 4 nitrogen and oxygen atoms in total. The molecule has 0 bridgehead atoms. The standard InChI is InChI=1S/C12H21N3OS/c1-7-6-8(2)17-12(13-7)14-9(3)11(16)15-10-4-5-10/h7-10H,4-6H2,1-3H3,(H,13,14)(H,15,16). The number of aliphatic imine (C=N–C) groups is 1. The number of hydrogen-bond donors (Lipinski definition) is 2. The molecular weight excluding hydrogens is 234 g/mol. The van der Waals surface area contributed by atoms with Crippen LogP contribution in [0.3, 0.4) is 0 Å².